The molecule has 1 saturated heterocycles. The number of nitro benzene ring substituents is 1. The number of nitrogens with zero attached hydrogens (tertiary/aromatic N) is 4. The normalized spacial score (nSPS) is 18.0. The van der Waals surface area contributed by atoms with Gasteiger partial charge in [-0.25, -0.2) is 0 Å². The van der Waals surface area contributed by atoms with Gasteiger partial charge in [0.2, 0.25) is 0 Å². The number of aromatic nitrogens is 2. The molecule has 0 amide bonds. The summed E-state index contributed by atoms with van der Waals surface area (Å²) in [5, 5.41) is 15.7. The second-order valence-corrected chi connectivity index (χ2v) is 6.51. The Hall–Kier alpha value is -1.83. The monoisotopic (exact) mass is 370 g/mol. The van der Waals surface area contributed by atoms with Crippen LogP contribution >= 0.6 is 23.2 Å². The molecule has 1 aromatic carbocycles. The van der Waals surface area contributed by atoms with E-state index in [0.717, 1.165) is 5.56 Å². The predicted molar refractivity (Wildman–Crippen MR) is 92.0 cm³/mol. The van der Waals surface area contributed by atoms with Gasteiger partial charge in [-0.1, -0.05) is 23.2 Å². The lowest BCUT2D eigenvalue weighted by Crippen LogP contribution is -2.44. The Balaban J connectivity index is 1.78. The molecule has 0 bridgehead atoms. The maximum absolute atomic E-state index is 10.9. The van der Waals surface area contributed by atoms with Crippen LogP contribution in [0.15, 0.2) is 24.5 Å². The zero-order valence-corrected chi connectivity index (χ0v) is 14.5. The summed E-state index contributed by atoms with van der Waals surface area (Å²) >= 11 is 12.5. The van der Waals surface area contributed by atoms with E-state index in [0.29, 0.717) is 31.9 Å². The fourth-order valence-electron chi connectivity index (χ4n) is 2.77. The van der Waals surface area contributed by atoms with Crippen molar-refractivity contribution in [1.29, 1.82) is 0 Å². The zero-order valence-electron chi connectivity index (χ0n) is 13.0. The first-order chi connectivity index (χ1) is 11.4. The third-order valence-electron chi connectivity index (χ3n) is 3.82. The van der Waals surface area contributed by atoms with E-state index in [4.69, 9.17) is 27.9 Å². The minimum absolute atomic E-state index is 0.0691. The molecular weight excluding hydrogens is 355 g/mol. The second-order valence-electron chi connectivity index (χ2n) is 5.69. The van der Waals surface area contributed by atoms with Crippen molar-refractivity contribution in [3.63, 3.8) is 0 Å². The summed E-state index contributed by atoms with van der Waals surface area (Å²) in [7, 11) is 0. The van der Waals surface area contributed by atoms with Gasteiger partial charge in [-0.3, -0.25) is 14.8 Å². The fourth-order valence-corrected chi connectivity index (χ4v) is 3.48. The summed E-state index contributed by atoms with van der Waals surface area (Å²) in [6.07, 6.45) is 3.68. The van der Waals surface area contributed by atoms with E-state index in [1.165, 1.54) is 12.1 Å². The Morgan fingerprint density at radius 3 is 2.71 bits per heavy atom. The largest absolute Gasteiger partial charge is 0.373 e. The van der Waals surface area contributed by atoms with Crippen LogP contribution in [0.2, 0.25) is 10.0 Å². The van der Waals surface area contributed by atoms with E-state index in [2.05, 4.69) is 5.10 Å². The molecule has 1 aliphatic heterocycles. The van der Waals surface area contributed by atoms with Crippen molar-refractivity contribution in [2.45, 2.75) is 19.6 Å². The maximum atomic E-state index is 10.9. The van der Waals surface area contributed by atoms with Crippen LogP contribution in [0, 0.1) is 17.0 Å². The van der Waals surface area contributed by atoms with Gasteiger partial charge in [-0.05, 0) is 12.5 Å². The van der Waals surface area contributed by atoms with Gasteiger partial charge in [0.05, 0.1) is 46.1 Å². The number of rotatable bonds is 4. The number of benzene rings is 1. The number of morpholine rings is 1. The number of anilines is 1. The second kappa shape index (κ2) is 6.96. The standard InChI is InChI=1S/C15H16Cl2N4O3/c1-10-6-18-20(7-10)9-12-8-19(2-3-24-12)15-13(16)4-11(21(22)23)5-14(15)17/h4-7,12H,2-3,8-9H2,1H3. The molecule has 128 valence electrons. The first-order valence-corrected chi connectivity index (χ1v) is 8.18. The highest BCUT2D eigenvalue weighted by Crippen LogP contribution is 2.38. The van der Waals surface area contributed by atoms with Gasteiger partial charge in [-0.2, -0.15) is 5.10 Å². The number of nitro groups is 1. The van der Waals surface area contributed by atoms with E-state index in [9.17, 15) is 10.1 Å². The highest BCUT2D eigenvalue weighted by atomic mass is 35.5. The SMILES string of the molecule is Cc1cnn(CC2CN(c3c(Cl)cc([N+](=O)[O-])cc3Cl)CCO2)c1. The van der Waals surface area contributed by atoms with Crippen LogP contribution in [0.1, 0.15) is 5.56 Å². The molecule has 0 spiro atoms. The molecule has 0 N–H and O–H groups in total. The highest BCUT2D eigenvalue weighted by molar-refractivity contribution is 6.39. The van der Waals surface area contributed by atoms with Gasteiger partial charge in [0.1, 0.15) is 0 Å². The fraction of sp³-hybridized carbons (Fsp3) is 0.400. The molecule has 0 radical (unpaired) electrons. The molecule has 1 aromatic heterocycles. The Morgan fingerprint density at radius 2 is 2.12 bits per heavy atom. The average Bonchev–Trinajstić information content (AvgIpc) is 2.92. The van der Waals surface area contributed by atoms with Crippen LogP contribution in [0.3, 0.4) is 0 Å². The quantitative estimate of drug-likeness (QED) is 0.609. The molecule has 9 heteroatoms. The number of halogens is 2. The predicted octanol–water partition coefficient (Wildman–Crippen LogP) is 3.31. The molecule has 1 unspecified atom stereocenters. The van der Waals surface area contributed by atoms with Crippen LogP contribution in [-0.2, 0) is 11.3 Å². The van der Waals surface area contributed by atoms with E-state index in [1.807, 2.05) is 22.7 Å². The maximum Gasteiger partial charge on any atom is 0.272 e. The number of ether oxygens (including phenoxy) is 1. The van der Waals surface area contributed by atoms with Crippen molar-refractivity contribution in [3.05, 3.63) is 50.2 Å². The first kappa shape index (κ1) is 17.0. The molecule has 2 aromatic rings. The summed E-state index contributed by atoms with van der Waals surface area (Å²) < 4.78 is 7.62. The number of hydrogen-bond acceptors (Lipinski definition) is 5. The Bertz CT molecular complexity index is 742. The Morgan fingerprint density at radius 1 is 1.42 bits per heavy atom. The molecule has 0 saturated carbocycles. The molecule has 0 aliphatic carbocycles. The molecule has 1 atom stereocenters. The lowest BCUT2D eigenvalue weighted by molar-refractivity contribution is -0.384. The minimum Gasteiger partial charge on any atom is -0.373 e. The third kappa shape index (κ3) is 3.63. The topological polar surface area (TPSA) is 73.4 Å². The summed E-state index contributed by atoms with van der Waals surface area (Å²) in [6, 6.07) is 2.65. The molecule has 1 fully saturated rings. The Kier molecular flexibility index (Phi) is 4.93. The van der Waals surface area contributed by atoms with Crippen LogP contribution in [0.4, 0.5) is 11.4 Å². The first-order valence-electron chi connectivity index (χ1n) is 7.43. The average molecular weight is 371 g/mol. The zero-order chi connectivity index (χ0) is 17.3. The molecule has 24 heavy (non-hydrogen) atoms. The van der Waals surface area contributed by atoms with Gasteiger partial charge >= 0.3 is 0 Å². The van der Waals surface area contributed by atoms with Crippen molar-refractivity contribution in [2.24, 2.45) is 0 Å². The van der Waals surface area contributed by atoms with E-state index in [-0.39, 0.29) is 21.8 Å². The van der Waals surface area contributed by atoms with Crippen molar-refractivity contribution < 1.29 is 9.66 Å². The van der Waals surface area contributed by atoms with Gasteiger partial charge in [0, 0.05) is 31.4 Å². The lowest BCUT2D eigenvalue weighted by Gasteiger charge is -2.35. The van der Waals surface area contributed by atoms with Crippen molar-refractivity contribution in [2.75, 3.05) is 24.6 Å². The van der Waals surface area contributed by atoms with Crippen molar-refractivity contribution in [1.82, 2.24) is 9.78 Å². The van der Waals surface area contributed by atoms with E-state index in [1.54, 1.807) is 6.20 Å². The van der Waals surface area contributed by atoms with Crippen molar-refractivity contribution in [3.8, 4) is 0 Å². The van der Waals surface area contributed by atoms with Crippen LogP contribution in [-0.4, -0.2) is 40.5 Å². The van der Waals surface area contributed by atoms with E-state index >= 15 is 0 Å². The molecule has 3 rings (SSSR count). The highest BCUT2D eigenvalue weighted by Gasteiger charge is 2.26. The minimum atomic E-state index is -0.510. The van der Waals surface area contributed by atoms with Crippen molar-refractivity contribution >= 4 is 34.6 Å². The summed E-state index contributed by atoms with van der Waals surface area (Å²) in [5.41, 5.74) is 1.57. The van der Waals surface area contributed by atoms with E-state index < -0.39 is 4.92 Å². The molecule has 1 aliphatic rings. The molecule has 2 heterocycles. The van der Waals surface area contributed by atoms with Crippen LogP contribution in [0.5, 0.6) is 0 Å². The van der Waals surface area contributed by atoms with Crippen LogP contribution < -0.4 is 4.90 Å². The third-order valence-corrected chi connectivity index (χ3v) is 4.40. The van der Waals surface area contributed by atoms with Gasteiger partial charge in [-0.15, -0.1) is 0 Å². The number of non-ortho nitro benzene ring substituents is 1. The lowest BCUT2D eigenvalue weighted by atomic mass is 10.2. The number of aryl methyl sites for hydroxylation is 1. The van der Waals surface area contributed by atoms with Crippen LogP contribution in [0.25, 0.3) is 0 Å². The van der Waals surface area contributed by atoms with Gasteiger partial charge in [0.15, 0.2) is 0 Å². The smallest absolute Gasteiger partial charge is 0.272 e. The van der Waals surface area contributed by atoms with Gasteiger partial charge < -0.3 is 9.64 Å². The summed E-state index contributed by atoms with van der Waals surface area (Å²) in [6.45, 7) is 4.32. The van der Waals surface area contributed by atoms with Gasteiger partial charge in [0.25, 0.3) is 5.69 Å². The Labute approximate surface area is 148 Å². The summed E-state index contributed by atoms with van der Waals surface area (Å²) in [5.74, 6) is 0. The molecule has 7 nitrogen and oxygen atoms in total. The number of hydrogen-bond donors (Lipinski definition) is 0. The molecular formula is C15H16Cl2N4O3. The summed E-state index contributed by atoms with van der Waals surface area (Å²) in [4.78, 5) is 12.4.